The van der Waals surface area contributed by atoms with Gasteiger partial charge in [-0.25, -0.2) is 4.39 Å². The lowest BCUT2D eigenvalue weighted by Crippen LogP contribution is -2.36. The van der Waals surface area contributed by atoms with Crippen LogP contribution in [0.1, 0.15) is 30.4 Å². The van der Waals surface area contributed by atoms with E-state index in [0.717, 1.165) is 12.2 Å². The van der Waals surface area contributed by atoms with Crippen molar-refractivity contribution < 1.29 is 18.7 Å². The maximum absolute atomic E-state index is 14.0. The number of hydrogen-bond acceptors (Lipinski definition) is 3. The van der Waals surface area contributed by atoms with Crippen LogP contribution in [0.5, 0.6) is 5.75 Å². The Hall–Kier alpha value is -2.36. The van der Waals surface area contributed by atoms with Crippen molar-refractivity contribution in [3.8, 4) is 5.75 Å². The molecule has 0 aromatic heterocycles. The van der Waals surface area contributed by atoms with Crippen molar-refractivity contribution in [3.05, 3.63) is 65.5 Å². The normalized spacial score (nSPS) is 23.0. The average Bonchev–Trinajstić information content (AvgIpc) is 3.02. The van der Waals surface area contributed by atoms with E-state index in [-0.39, 0.29) is 17.9 Å². The summed E-state index contributed by atoms with van der Waals surface area (Å²) in [5.74, 6) is 0.151. The van der Waals surface area contributed by atoms with Crippen LogP contribution in [0.15, 0.2) is 48.5 Å². The van der Waals surface area contributed by atoms with Gasteiger partial charge >= 0.3 is 5.97 Å². The van der Waals surface area contributed by atoms with Crippen molar-refractivity contribution in [1.29, 1.82) is 0 Å². The number of esters is 1. The molecule has 0 radical (unpaired) electrons. The molecule has 2 aromatic carbocycles. The van der Waals surface area contributed by atoms with Crippen molar-refractivity contribution in [2.24, 2.45) is 0 Å². The average molecular weight is 328 g/mol. The fourth-order valence-corrected chi connectivity index (χ4v) is 3.65. The monoisotopic (exact) mass is 328 g/mol. The summed E-state index contributed by atoms with van der Waals surface area (Å²) < 4.78 is 25.1. The van der Waals surface area contributed by atoms with E-state index >= 15 is 0 Å². The summed E-state index contributed by atoms with van der Waals surface area (Å²) in [6.07, 6.45) is 1.69. The zero-order valence-electron chi connectivity index (χ0n) is 13.9. The number of benzene rings is 2. The molecule has 1 saturated carbocycles. The third-order valence-corrected chi connectivity index (χ3v) is 4.87. The largest absolute Gasteiger partial charge is 0.490 e. The first-order chi connectivity index (χ1) is 11.6. The van der Waals surface area contributed by atoms with Crippen LogP contribution >= 0.6 is 0 Å². The van der Waals surface area contributed by atoms with E-state index in [1.807, 2.05) is 36.4 Å². The van der Waals surface area contributed by atoms with Gasteiger partial charge in [0.2, 0.25) is 0 Å². The number of methoxy groups -OCH3 is 1. The van der Waals surface area contributed by atoms with Crippen LogP contribution in [-0.2, 0) is 14.9 Å². The molecule has 2 aromatic rings. The van der Waals surface area contributed by atoms with Gasteiger partial charge in [0, 0.05) is 6.42 Å². The van der Waals surface area contributed by atoms with E-state index in [9.17, 15) is 9.18 Å². The van der Waals surface area contributed by atoms with Gasteiger partial charge in [-0.3, -0.25) is 4.79 Å². The van der Waals surface area contributed by atoms with Crippen molar-refractivity contribution in [2.75, 3.05) is 7.11 Å². The van der Waals surface area contributed by atoms with Crippen LogP contribution in [0.25, 0.3) is 0 Å². The van der Waals surface area contributed by atoms with E-state index in [4.69, 9.17) is 9.47 Å². The summed E-state index contributed by atoms with van der Waals surface area (Å²) in [6.45, 7) is 1.71. The van der Waals surface area contributed by atoms with Gasteiger partial charge in [0.15, 0.2) is 0 Å². The van der Waals surface area contributed by atoms with Crippen molar-refractivity contribution >= 4 is 5.97 Å². The van der Waals surface area contributed by atoms with E-state index in [1.165, 1.54) is 13.2 Å². The standard InChI is InChI=1S/C20H21FO3/c1-14-17(9-6-10-18(14)21)20(19(22)23-2)12-11-16(13-20)24-15-7-4-3-5-8-15/h3-10,16H,11-13H2,1-2H3. The number of para-hydroxylation sites is 1. The molecule has 0 spiro atoms. The van der Waals surface area contributed by atoms with Gasteiger partial charge in [0.05, 0.1) is 12.5 Å². The second-order valence-corrected chi connectivity index (χ2v) is 6.28. The number of halogens is 1. The Bertz CT molecular complexity index is 729. The Morgan fingerprint density at radius 1 is 1.17 bits per heavy atom. The highest BCUT2D eigenvalue weighted by Gasteiger charge is 2.49. The van der Waals surface area contributed by atoms with Gasteiger partial charge in [-0.15, -0.1) is 0 Å². The van der Waals surface area contributed by atoms with Crippen LogP contribution in [-0.4, -0.2) is 19.2 Å². The predicted molar refractivity (Wildman–Crippen MR) is 89.5 cm³/mol. The molecule has 3 nitrogen and oxygen atoms in total. The molecule has 0 saturated heterocycles. The number of ether oxygens (including phenoxy) is 2. The zero-order valence-corrected chi connectivity index (χ0v) is 13.9. The molecule has 1 aliphatic rings. The fraction of sp³-hybridized carbons (Fsp3) is 0.350. The maximum Gasteiger partial charge on any atom is 0.316 e. The first kappa shape index (κ1) is 16.5. The molecular formula is C20H21FO3. The van der Waals surface area contributed by atoms with Gasteiger partial charge in [0.1, 0.15) is 17.7 Å². The molecule has 0 bridgehead atoms. The first-order valence-electron chi connectivity index (χ1n) is 8.12. The summed E-state index contributed by atoms with van der Waals surface area (Å²) in [4.78, 5) is 12.6. The lowest BCUT2D eigenvalue weighted by Gasteiger charge is -2.28. The van der Waals surface area contributed by atoms with Gasteiger partial charge in [0.25, 0.3) is 0 Å². The van der Waals surface area contributed by atoms with Crippen molar-refractivity contribution in [1.82, 2.24) is 0 Å². The quantitative estimate of drug-likeness (QED) is 0.790. The summed E-state index contributed by atoms with van der Waals surface area (Å²) in [7, 11) is 1.38. The molecule has 126 valence electrons. The molecule has 3 rings (SSSR count). The zero-order chi connectivity index (χ0) is 17.2. The predicted octanol–water partition coefficient (Wildman–Crippen LogP) is 4.18. The molecule has 0 N–H and O–H groups in total. The Labute approximate surface area is 141 Å². The minimum atomic E-state index is -0.847. The molecule has 1 aliphatic carbocycles. The third kappa shape index (κ3) is 2.88. The van der Waals surface area contributed by atoms with E-state index in [2.05, 4.69) is 0 Å². The van der Waals surface area contributed by atoms with Crippen LogP contribution in [0, 0.1) is 12.7 Å². The van der Waals surface area contributed by atoms with E-state index in [0.29, 0.717) is 24.0 Å². The summed E-state index contributed by atoms with van der Waals surface area (Å²) in [5, 5.41) is 0. The second-order valence-electron chi connectivity index (χ2n) is 6.28. The molecule has 0 aliphatic heterocycles. The maximum atomic E-state index is 14.0. The highest BCUT2D eigenvalue weighted by atomic mass is 19.1. The summed E-state index contributed by atoms with van der Waals surface area (Å²) in [6, 6.07) is 14.4. The minimum Gasteiger partial charge on any atom is -0.490 e. The smallest absolute Gasteiger partial charge is 0.316 e. The number of hydrogen-bond donors (Lipinski definition) is 0. The highest BCUT2D eigenvalue weighted by molar-refractivity contribution is 5.84. The van der Waals surface area contributed by atoms with Crippen LogP contribution in [0.2, 0.25) is 0 Å². The molecule has 24 heavy (non-hydrogen) atoms. The number of carbonyl (C=O) groups is 1. The molecule has 1 fully saturated rings. The second kappa shape index (κ2) is 6.63. The van der Waals surface area contributed by atoms with Gasteiger partial charge in [-0.05, 0) is 49.1 Å². The number of carbonyl (C=O) groups excluding carboxylic acids is 1. The summed E-state index contributed by atoms with van der Waals surface area (Å²) in [5.41, 5.74) is 0.359. The molecule has 4 heteroatoms. The van der Waals surface area contributed by atoms with E-state index < -0.39 is 5.41 Å². The highest BCUT2D eigenvalue weighted by Crippen LogP contribution is 2.45. The Kier molecular flexibility index (Phi) is 4.56. The van der Waals surface area contributed by atoms with Crippen LogP contribution in [0.3, 0.4) is 0 Å². The van der Waals surface area contributed by atoms with Crippen molar-refractivity contribution in [2.45, 2.75) is 37.7 Å². The van der Waals surface area contributed by atoms with Gasteiger partial charge in [-0.2, -0.15) is 0 Å². The lowest BCUT2D eigenvalue weighted by atomic mass is 9.76. The molecule has 0 heterocycles. The molecule has 0 amide bonds. The topological polar surface area (TPSA) is 35.5 Å². The number of rotatable bonds is 4. The Morgan fingerprint density at radius 2 is 1.92 bits per heavy atom. The fourth-order valence-electron chi connectivity index (χ4n) is 3.65. The van der Waals surface area contributed by atoms with Gasteiger partial charge in [-0.1, -0.05) is 30.3 Å². The summed E-state index contributed by atoms with van der Waals surface area (Å²) >= 11 is 0. The molecule has 2 atom stereocenters. The lowest BCUT2D eigenvalue weighted by molar-refractivity contribution is -0.147. The van der Waals surface area contributed by atoms with Crippen molar-refractivity contribution in [3.63, 3.8) is 0 Å². The van der Waals surface area contributed by atoms with Crippen LogP contribution in [0.4, 0.5) is 4.39 Å². The van der Waals surface area contributed by atoms with Gasteiger partial charge < -0.3 is 9.47 Å². The van der Waals surface area contributed by atoms with Crippen LogP contribution < -0.4 is 4.74 Å². The third-order valence-electron chi connectivity index (χ3n) is 4.87. The molecule has 2 unspecified atom stereocenters. The minimum absolute atomic E-state index is 0.103. The Balaban J connectivity index is 1.91. The Morgan fingerprint density at radius 3 is 2.62 bits per heavy atom. The first-order valence-corrected chi connectivity index (χ1v) is 8.12. The van der Waals surface area contributed by atoms with E-state index in [1.54, 1.807) is 13.0 Å². The SMILES string of the molecule is COC(=O)C1(c2cccc(F)c2C)CCC(Oc2ccccc2)C1. The molecular weight excluding hydrogens is 307 g/mol.